The molecular formula is C16H24N2O3S. The minimum absolute atomic E-state index is 0.0508. The van der Waals surface area contributed by atoms with Crippen LogP contribution in [-0.2, 0) is 16.1 Å². The number of likely N-dealkylation sites (N-methyl/N-ethyl adjacent to an activating group) is 1. The number of hydrogen-bond acceptors (Lipinski definition) is 5. The smallest absolute Gasteiger partial charge is 0.317 e. The van der Waals surface area contributed by atoms with Crippen LogP contribution in [0.25, 0.3) is 0 Å². The Bertz CT molecular complexity index is 498. The number of hydrogen-bond donors (Lipinski definition) is 1. The average molecular weight is 324 g/mol. The SMILES string of the molecule is CSc1ccccc1CN1CCOC(CN(C)CC(=O)O)C1. The summed E-state index contributed by atoms with van der Waals surface area (Å²) in [6, 6.07) is 8.47. The predicted molar refractivity (Wildman–Crippen MR) is 88.4 cm³/mol. The van der Waals surface area contributed by atoms with E-state index in [4.69, 9.17) is 9.84 Å². The number of thioether (sulfide) groups is 1. The van der Waals surface area contributed by atoms with Crippen LogP contribution in [0, 0.1) is 0 Å². The molecule has 1 heterocycles. The molecule has 1 N–H and O–H groups in total. The number of rotatable bonds is 7. The summed E-state index contributed by atoms with van der Waals surface area (Å²) in [5, 5.41) is 8.82. The molecule has 1 unspecified atom stereocenters. The molecule has 22 heavy (non-hydrogen) atoms. The van der Waals surface area contributed by atoms with Gasteiger partial charge < -0.3 is 9.84 Å². The fourth-order valence-electron chi connectivity index (χ4n) is 2.75. The highest BCUT2D eigenvalue weighted by Crippen LogP contribution is 2.22. The third-order valence-corrected chi connectivity index (χ3v) is 4.57. The zero-order valence-electron chi connectivity index (χ0n) is 13.2. The van der Waals surface area contributed by atoms with Gasteiger partial charge in [0.15, 0.2) is 0 Å². The largest absolute Gasteiger partial charge is 0.480 e. The topological polar surface area (TPSA) is 53.0 Å². The minimum Gasteiger partial charge on any atom is -0.480 e. The van der Waals surface area contributed by atoms with E-state index in [1.807, 2.05) is 7.05 Å². The molecule has 0 radical (unpaired) electrons. The van der Waals surface area contributed by atoms with Crippen LogP contribution in [0.3, 0.4) is 0 Å². The molecule has 0 amide bonds. The summed E-state index contributed by atoms with van der Waals surface area (Å²) < 4.78 is 5.77. The number of carbonyl (C=O) groups is 1. The minimum atomic E-state index is -0.802. The van der Waals surface area contributed by atoms with Gasteiger partial charge in [0.1, 0.15) is 0 Å². The molecule has 0 bridgehead atoms. The van der Waals surface area contributed by atoms with Gasteiger partial charge in [0.2, 0.25) is 0 Å². The van der Waals surface area contributed by atoms with E-state index in [0.29, 0.717) is 13.2 Å². The molecule has 1 saturated heterocycles. The van der Waals surface area contributed by atoms with Crippen LogP contribution in [0.5, 0.6) is 0 Å². The van der Waals surface area contributed by atoms with Crippen molar-refractivity contribution in [3.63, 3.8) is 0 Å². The van der Waals surface area contributed by atoms with E-state index in [1.165, 1.54) is 10.5 Å². The Balaban J connectivity index is 1.89. The predicted octanol–water partition coefficient (Wildman–Crippen LogP) is 1.63. The van der Waals surface area contributed by atoms with Gasteiger partial charge in [-0.15, -0.1) is 11.8 Å². The fraction of sp³-hybridized carbons (Fsp3) is 0.562. The normalized spacial score (nSPS) is 19.5. The molecule has 2 rings (SSSR count). The van der Waals surface area contributed by atoms with Crippen molar-refractivity contribution in [1.29, 1.82) is 0 Å². The van der Waals surface area contributed by atoms with Crippen molar-refractivity contribution in [3.05, 3.63) is 29.8 Å². The Kier molecular flexibility index (Phi) is 6.70. The molecule has 1 atom stereocenters. The van der Waals surface area contributed by atoms with Crippen molar-refractivity contribution in [2.75, 3.05) is 46.1 Å². The quantitative estimate of drug-likeness (QED) is 0.769. The highest BCUT2D eigenvalue weighted by molar-refractivity contribution is 7.98. The maximum Gasteiger partial charge on any atom is 0.317 e. The van der Waals surface area contributed by atoms with Gasteiger partial charge in [-0.2, -0.15) is 0 Å². The van der Waals surface area contributed by atoms with Gasteiger partial charge in [-0.3, -0.25) is 14.6 Å². The molecule has 122 valence electrons. The van der Waals surface area contributed by atoms with Crippen molar-refractivity contribution in [1.82, 2.24) is 9.80 Å². The second-order valence-electron chi connectivity index (χ2n) is 5.63. The first-order valence-corrected chi connectivity index (χ1v) is 8.67. The van der Waals surface area contributed by atoms with Crippen LogP contribution in [0.15, 0.2) is 29.2 Å². The monoisotopic (exact) mass is 324 g/mol. The van der Waals surface area contributed by atoms with E-state index >= 15 is 0 Å². The molecule has 0 saturated carbocycles. The number of aliphatic carboxylic acids is 1. The Hall–Kier alpha value is -1.08. The number of benzene rings is 1. The van der Waals surface area contributed by atoms with Crippen LogP contribution in [0.2, 0.25) is 0 Å². The van der Waals surface area contributed by atoms with Crippen LogP contribution in [-0.4, -0.2) is 73.1 Å². The van der Waals surface area contributed by atoms with E-state index in [2.05, 4.69) is 35.4 Å². The van der Waals surface area contributed by atoms with Crippen LogP contribution >= 0.6 is 11.8 Å². The molecule has 1 aromatic carbocycles. The van der Waals surface area contributed by atoms with Gasteiger partial charge in [0.05, 0.1) is 19.3 Å². The maximum absolute atomic E-state index is 10.7. The van der Waals surface area contributed by atoms with E-state index in [-0.39, 0.29) is 12.6 Å². The van der Waals surface area contributed by atoms with Gasteiger partial charge in [-0.1, -0.05) is 18.2 Å². The van der Waals surface area contributed by atoms with Gasteiger partial charge in [0.25, 0.3) is 0 Å². The second kappa shape index (κ2) is 8.53. The average Bonchev–Trinajstić information content (AvgIpc) is 2.47. The summed E-state index contributed by atoms with van der Waals surface area (Å²) in [5.74, 6) is -0.802. The molecule has 1 aliphatic heterocycles. The molecule has 1 aromatic rings. The summed E-state index contributed by atoms with van der Waals surface area (Å²) in [6.07, 6.45) is 2.17. The molecule has 5 nitrogen and oxygen atoms in total. The lowest BCUT2D eigenvalue weighted by molar-refractivity contribution is -0.138. The number of morpholine rings is 1. The van der Waals surface area contributed by atoms with Gasteiger partial charge in [-0.05, 0) is 24.9 Å². The number of ether oxygens (including phenoxy) is 1. The third kappa shape index (κ3) is 5.28. The summed E-state index contributed by atoms with van der Waals surface area (Å²) in [4.78, 5) is 16.2. The van der Waals surface area contributed by atoms with Gasteiger partial charge in [0, 0.05) is 31.1 Å². The van der Waals surface area contributed by atoms with Crippen molar-refractivity contribution in [2.24, 2.45) is 0 Å². The lowest BCUT2D eigenvalue weighted by Crippen LogP contribution is -2.47. The van der Waals surface area contributed by atoms with Crippen molar-refractivity contribution < 1.29 is 14.6 Å². The van der Waals surface area contributed by atoms with Crippen LogP contribution in [0.1, 0.15) is 5.56 Å². The van der Waals surface area contributed by atoms with Gasteiger partial charge >= 0.3 is 5.97 Å². The Labute approximate surface area is 136 Å². The van der Waals surface area contributed by atoms with Crippen LogP contribution in [0.4, 0.5) is 0 Å². The molecule has 1 fully saturated rings. The Morgan fingerprint density at radius 2 is 2.27 bits per heavy atom. The van der Waals surface area contributed by atoms with E-state index in [9.17, 15) is 4.79 Å². The molecule has 0 aromatic heterocycles. The Morgan fingerprint density at radius 1 is 1.50 bits per heavy atom. The van der Waals surface area contributed by atoms with Crippen molar-refractivity contribution in [3.8, 4) is 0 Å². The zero-order chi connectivity index (χ0) is 15.9. The summed E-state index contributed by atoms with van der Waals surface area (Å²) in [6.45, 7) is 4.07. The molecule has 6 heteroatoms. The summed E-state index contributed by atoms with van der Waals surface area (Å²) in [7, 11) is 1.82. The van der Waals surface area contributed by atoms with E-state index in [0.717, 1.165) is 19.6 Å². The first-order chi connectivity index (χ1) is 10.6. The standard InChI is InChI=1S/C16H24N2O3S/c1-17(12-16(19)20)10-14-11-18(7-8-21-14)9-13-5-3-4-6-15(13)22-2/h3-6,14H,7-12H2,1-2H3,(H,19,20). The number of carboxylic acids is 1. The number of carboxylic acid groups (broad SMARTS) is 1. The summed E-state index contributed by atoms with van der Waals surface area (Å²) in [5.41, 5.74) is 1.34. The molecule has 0 spiro atoms. The lowest BCUT2D eigenvalue weighted by Gasteiger charge is -2.34. The Morgan fingerprint density at radius 3 is 3.00 bits per heavy atom. The zero-order valence-corrected chi connectivity index (χ0v) is 14.0. The third-order valence-electron chi connectivity index (χ3n) is 3.73. The molecule has 1 aliphatic rings. The fourth-order valence-corrected chi connectivity index (χ4v) is 3.36. The van der Waals surface area contributed by atoms with Gasteiger partial charge in [-0.25, -0.2) is 0 Å². The van der Waals surface area contributed by atoms with E-state index in [1.54, 1.807) is 16.7 Å². The maximum atomic E-state index is 10.7. The van der Waals surface area contributed by atoms with Crippen molar-refractivity contribution in [2.45, 2.75) is 17.5 Å². The van der Waals surface area contributed by atoms with Crippen molar-refractivity contribution >= 4 is 17.7 Å². The summed E-state index contributed by atoms with van der Waals surface area (Å²) >= 11 is 1.77. The van der Waals surface area contributed by atoms with E-state index < -0.39 is 5.97 Å². The second-order valence-corrected chi connectivity index (χ2v) is 6.48. The highest BCUT2D eigenvalue weighted by atomic mass is 32.2. The van der Waals surface area contributed by atoms with Crippen LogP contribution < -0.4 is 0 Å². The first-order valence-electron chi connectivity index (χ1n) is 7.44. The molecular weight excluding hydrogens is 300 g/mol. The lowest BCUT2D eigenvalue weighted by atomic mass is 10.2. The highest BCUT2D eigenvalue weighted by Gasteiger charge is 2.22. The first kappa shape index (κ1) is 17.3. The number of nitrogens with zero attached hydrogens (tertiary/aromatic N) is 2. The molecule has 0 aliphatic carbocycles.